The Bertz CT molecular complexity index is 205. The Morgan fingerprint density at radius 1 is 1.27 bits per heavy atom. The summed E-state index contributed by atoms with van der Waals surface area (Å²) >= 11 is 0. The van der Waals surface area contributed by atoms with Crippen LogP contribution in [0.1, 0.15) is 6.92 Å². The highest BCUT2D eigenvalue weighted by molar-refractivity contribution is 7.46. The van der Waals surface area contributed by atoms with E-state index < -0.39 is 0 Å². The quantitative estimate of drug-likeness (QED) is 0.627. The van der Waals surface area contributed by atoms with Crippen LogP contribution in [0.3, 0.4) is 0 Å². The summed E-state index contributed by atoms with van der Waals surface area (Å²) < 4.78 is 5.31. The topological polar surface area (TPSA) is 9.23 Å². The van der Waals surface area contributed by atoms with Gasteiger partial charge in [-0.25, -0.2) is 0 Å². The summed E-state index contributed by atoms with van der Waals surface area (Å²) in [5.74, 6) is 0.967. The third-order valence-corrected chi connectivity index (χ3v) is 2.36. The first-order valence-corrected chi connectivity index (χ1v) is 5.27. The minimum absolute atomic E-state index is 0.744. The first-order chi connectivity index (χ1) is 5.36. The highest BCUT2D eigenvalue weighted by Gasteiger charge is 1.90. The molecule has 0 aliphatic rings. The normalized spacial score (nSPS) is 10.7. The van der Waals surface area contributed by atoms with Crippen molar-refractivity contribution in [1.82, 2.24) is 0 Å². The van der Waals surface area contributed by atoms with Gasteiger partial charge in [0.1, 0.15) is 5.75 Å². The van der Waals surface area contributed by atoms with E-state index in [1.54, 1.807) is 0 Å². The predicted octanol–water partition coefficient (Wildman–Crippen LogP) is 2.02. The van der Waals surface area contributed by atoms with Gasteiger partial charge in [0, 0.05) is 0 Å². The molecule has 1 aromatic carbocycles. The van der Waals surface area contributed by atoms with Gasteiger partial charge in [-0.2, -0.15) is 0 Å². The maximum absolute atomic E-state index is 5.31. The van der Waals surface area contributed by atoms with Gasteiger partial charge < -0.3 is 4.74 Å². The van der Waals surface area contributed by atoms with Crippen LogP contribution < -0.4 is 10.0 Å². The van der Waals surface area contributed by atoms with E-state index in [-0.39, 0.29) is 0 Å². The number of hydrogen-bond acceptors (Lipinski definition) is 1. The van der Waals surface area contributed by atoms with Crippen LogP contribution in [0.15, 0.2) is 24.3 Å². The molecule has 0 saturated carbocycles. The fourth-order valence-electron chi connectivity index (χ4n) is 0.884. The monoisotopic (exact) mass is 168 g/mol. The molecule has 0 fully saturated rings. The molecule has 2 heteroatoms. The summed E-state index contributed by atoms with van der Waals surface area (Å²) in [5.41, 5.74) is 0. The molecule has 0 spiro atoms. The van der Waals surface area contributed by atoms with Crippen molar-refractivity contribution < 1.29 is 4.74 Å². The molecular formula is C9H13OP. The lowest BCUT2D eigenvalue weighted by Crippen LogP contribution is -1.95. The number of benzene rings is 1. The van der Waals surface area contributed by atoms with Crippen LogP contribution in [0.2, 0.25) is 0 Å². The minimum atomic E-state index is 0.744. The molecule has 0 saturated heterocycles. The molecule has 0 N–H and O–H groups in total. The van der Waals surface area contributed by atoms with E-state index in [0.717, 1.165) is 20.9 Å². The van der Waals surface area contributed by atoms with Gasteiger partial charge in [-0.15, -0.1) is 0 Å². The summed E-state index contributed by atoms with van der Waals surface area (Å²) in [4.78, 5) is 0. The average molecular weight is 168 g/mol. The molecule has 0 amide bonds. The van der Waals surface area contributed by atoms with E-state index in [9.17, 15) is 0 Å². The van der Waals surface area contributed by atoms with Gasteiger partial charge in [0.05, 0.1) is 6.61 Å². The second-order valence-electron chi connectivity index (χ2n) is 2.21. The van der Waals surface area contributed by atoms with Gasteiger partial charge in [0.25, 0.3) is 0 Å². The van der Waals surface area contributed by atoms with Crippen LogP contribution in [0.25, 0.3) is 0 Å². The van der Waals surface area contributed by atoms with Crippen LogP contribution in [-0.2, 0) is 0 Å². The predicted molar refractivity (Wildman–Crippen MR) is 51.5 cm³/mol. The van der Waals surface area contributed by atoms with Gasteiger partial charge in [0.2, 0.25) is 0 Å². The minimum Gasteiger partial charge on any atom is -0.494 e. The smallest absolute Gasteiger partial charge is 0.119 e. The molecule has 0 bridgehead atoms. The van der Waals surface area contributed by atoms with Gasteiger partial charge in [-0.1, -0.05) is 20.7 Å². The van der Waals surface area contributed by atoms with Gasteiger partial charge in [0.15, 0.2) is 0 Å². The molecule has 0 aliphatic carbocycles. The fourth-order valence-corrected chi connectivity index (χ4v) is 1.38. The number of rotatable bonds is 3. The van der Waals surface area contributed by atoms with Crippen molar-refractivity contribution in [3.63, 3.8) is 0 Å². The molecule has 1 unspecified atom stereocenters. The Labute approximate surface area is 69.6 Å². The maximum atomic E-state index is 5.31. The summed E-state index contributed by atoms with van der Waals surface area (Å²) in [6.07, 6.45) is 0. The Hall–Kier alpha value is -0.550. The lowest BCUT2D eigenvalue weighted by molar-refractivity contribution is 0.340. The molecule has 1 aromatic rings. The first-order valence-electron chi connectivity index (χ1n) is 3.77. The maximum Gasteiger partial charge on any atom is 0.119 e. The van der Waals surface area contributed by atoms with E-state index in [0.29, 0.717) is 0 Å². The van der Waals surface area contributed by atoms with Crippen LogP contribution in [0.5, 0.6) is 5.75 Å². The van der Waals surface area contributed by atoms with Crippen molar-refractivity contribution in [3.8, 4) is 5.75 Å². The third kappa shape index (κ3) is 2.51. The summed E-state index contributed by atoms with van der Waals surface area (Å²) in [7, 11) is 0.873. The van der Waals surface area contributed by atoms with Crippen LogP contribution >= 0.6 is 8.58 Å². The summed E-state index contributed by atoms with van der Waals surface area (Å²) in [6.45, 7) is 4.92. The Morgan fingerprint density at radius 2 is 1.91 bits per heavy atom. The highest BCUT2D eigenvalue weighted by atomic mass is 31.1. The van der Waals surface area contributed by atoms with Crippen molar-refractivity contribution in [2.75, 3.05) is 13.3 Å². The molecule has 1 nitrogen and oxygen atoms in total. The van der Waals surface area contributed by atoms with Crippen molar-refractivity contribution in [1.29, 1.82) is 0 Å². The molecule has 1 rings (SSSR count). The van der Waals surface area contributed by atoms with Crippen LogP contribution in [0.4, 0.5) is 0 Å². The zero-order valence-corrected chi connectivity index (χ0v) is 7.92. The lowest BCUT2D eigenvalue weighted by Gasteiger charge is -2.02. The van der Waals surface area contributed by atoms with E-state index in [4.69, 9.17) is 4.74 Å². The molecule has 11 heavy (non-hydrogen) atoms. The summed E-state index contributed by atoms with van der Waals surface area (Å²) in [6, 6.07) is 8.28. The van der Waals surface area contributed by atoms with Crippen LogP contribution in [0, 0.1) is 0 Å². The average Bonchev–Trinajstić information content (AvgIpc) is 2.07. The second kappa shape index (κ2) is 4.35. The Morgan fingerprint density at radius 3 is 2.36 bits per heavy atom. The standard InChI is InChI=1S/C9H13OP/c1-3-10-8-4-6-9(11-2)7-5-8/h4-7,11H,3H2,1-2H3. The van der Waals surface area contributed by atoms with E-state index in [2.05, 4.69) is 18.8 Å². The molecule has 0 aromatic heterocycles. The largest absolute Gasteiger partial charge is 0.494 e. The number of ether oxygens (including phenoxy) is 1. The van der Waals surface area contributed by atoms with Crippen molar-refractivity contribution in [3.05, 3.63) is 24.3 Å². The zero-order chi connectivity index (χ0) is 8.10. The van der Waals surface area contributed by atoms with Crippen molar-refractivity contribution >= 4 is 13.9 Å². The second-order valence-corrected chi connectivity index (χ2v) is 3.28. The molecule has 0 radical (unpaired) electrons. The van der Waals surface area contributed by atoms with Gasteiger partial charge in [-0.05, 0) is 31.0 Å². The van der Waals surface area contributed by atoms with E-state index in [1.807, 2.05) is 19.1 Å². The SMILES string of the molecule is CCOc1ccc(PC)cc1. The fraction of sp³-hybridized carbons (Fsp3) is 0.333. The Balaban J connectivity index is 2.66. The third-order valence-electron chi connectivity index (χ3n) is 1.45. The molecule has 1 atom stereocenters. The van der Waals surface area contributed by atoms with Crippen molar-refractivity contribution in [2.24, 2.45) is 0 Å². The van der Waals surface area contributed by atoms with E-state index >= 15 is 0 Å². The molecule has 0 heterocycles. The first kappa shape index (κ1) is 8.55. The molecule has 60 valence electrons. The Kier molecular flexibility index (Phi) is 3.38. The van der Waals surface area contributed by atoms with Crippen LogP contribution in [-0.4, -0.2) is 13.3 Å². The molecule has 0 aliphatic heterocycles. The van der Waals surface area contributed by atoms with Gasteiger partial charge >= 0.3 is 0 Å². The highest BCUT2D eigenvalue weighted by Crippen LogP contribution is 2.11. The van der Waals surface area contributed by atoms with Crippen molar-refractivity contribution in [2.45, 2.75) is 6.92 Å². The number of hydrogen-bond donors (Lipinski definition) is 0. The van der Waals surface area contributed by atoms with E-state index in [1.165, 1.54) is 5.30 Å². The van der Waals surface area contributed by atoms with Gasteiger partial charge in [-0.3, -0.25) is 0 Å². The summed E-state index contributed by atoms with van der Waals surface area (Å²) in [5, 5.41) is 1.38. The lowest BCUT2D eigenvalue weighted by atomic mass is 10.3. The molecular weight excluding hydrogens is 155 g/mol. The zero-order valence-electron chi connectivity index (χ0n) is 6.92.